The van der Waals surface area contributed by atoms with Crippen molar-refractivity contribution >= 4 is 12.1 Å². The van der Waals surface area contributed by atoms with Crippen molar-refractivity contribution < 1.29 is 24.5 Å². The lowest BCUT2D eigenvalue weighted by molar-refractivity contribution is -0.145. The molecule has 1 aliphatic heterocycles. The van der Waals surface area contributed by atoms with Crippen LogP contribution in [0, 0.1) is 0 Å². The second kappa shape index (κ2) is 4.52. The second-order valence-corrected chi connectivity index (χ2v) is 5.32. The van der Waals surface area contributed by atoms with Gasteiger partial charge in [0.15, 0.2) is 6.04 Å². The highest BCUT2D eigenvalue weighted by atomic mass is 16.6. The summed E-state index contributed by atoms with van der Waals surface area (Å²) in [6.07, 6.45) is -1.50. The van der Waals surface area contributed by atoms with Crippen LogP contribution in [0.5, 0.6) is 0 Å². The van der Waals surface area contributed by atoms with Gasteiger partial charge in [-0.25, -0.2) is 9.59 Å². The smallest absolute Gasteiger partial charge is 0.411 e. The van der Waals surface area contributed by atoms with Crippen molar-refractivity contribution in [1.82, 2.24) is 4.90 Å². The SMILES string of the molecule is C[C@@H]1C[C@@H](O)[C@H](C(=O)O)N1C(=O)OC(C)(C)C. The molecule has 1 rings (SSSR count). The van der Waals surface area contributed by atoms with E-state index in [0.29, 0.717) is 0 Å². The van der Waals surface area contributed by atoms with Crippen LogP contribution in [0.2, 0.25) is 0 Å². The summed E-state index contributed by atoms with van der Waals surface area (Å²) in [5.41, 5.74) is -0.687. The summed E-state index contributed by atoms with van der Waals surface area (Å²) >= 11 is 0. The van der Waals surface area contributed by atoms with Gasteiger partial charge in [0.05, 0.1) is 6.10 Å². The maximum Gasteiger partial charge on any atom is 0.411 e. The molecule has 1 saturated heterocycles. The Hall–Kier alpha value is -1.30. The summed E-state index contributed by atoms with van der Waals surface area (Å²) in [5.74, 6) is -1.22. The molecule has 0 bridgehead atoms. The van der Waals surface area contributed by atoms with Crippen molar-refractivity contribution in [3.05, 3.63) is 0 Å². The molecule has 0 unspecified atom stereocenters. The number of aliphatic hydroxyl groups excluding tert-OH is 1. The van der Waals surface area contributed by atoms with Crippen molar-refractivity contribution in [2.75, 3.05) is 0 Å². The zero-order chi connectivity index (χ0) is 13.4. The molecule has 1 amide bonds. The molecule has 1 aliphatic rings. The first-order valence-corrected chi connectivity index (χ1v) is 5.55. The van der Waals surface area contributed by atoms with Gasteiger partial charge in [-0.3, -0.25) is 4.90 Å². The van der Waals surface area contributed by atoms with Gasteiger partial charge in [-0.05, 0) is 34.1 Å². The number of hydrogen-bond donors (Lipinski definition) is 2. The van der Waals surface area contributed by atoms with E-state index in [2.05, 4.69) is 0 Å². The minimum Gasteiger partial charge on any atom is -0.480 e. The number of likely N-dealkylation sites (tertiary alicyclic amines) is 1. The fourth-order valence-corrected chi connectivity index (χ4v) is 1.94. The molecule has 6 nitrogen and oxygen atoms in total. The van der Waals surface area contributed by atoms with E-state index in [9.17, 15) is 14.7 Å². The lowest BCUT2D eigenvalue weighted by atomic mass is 10.1. The largest absolute Gasteiger partial charge is 0.480 e. The average Bonchev–Trinajstić information content (AvgIpc) is 2.37. The highest BCUT2D eigenvalue weighted by Gasteiger charge is 2.46. The Balaban J connectivity index is 2.86. The number of carbonyl (C=O) groups excluding carboxylic acids is 1. The Morgan fingerprint density at radius 2 is 1.88 bits per heavy atom. The first-order chi connectivity index (χ1) is 7.63. The van der Waals surface area contributed by atoms with E-state index in [-0.39, 0.29) is 12.5 Å². The van der Waals surface area contributed by atoms with Gasteiger partial charge < -0.3 is 14.9 Å². The number of hydrogen-bond acceptors (Lipinski definition) is 4. The molecule has 0 spiro atoms. The second-order valence-electron chi connectivity index (χ2n) is 5.32. The fourth-order valence-electron chi connectivity index (χ4n) is 1.94. The summed E-state index contributed by atoms with van der Waals surface area (Å²) in [6.45, 7) is 6.81. The van der Waals surface area contributed by atoms with Crippen molar-refractivity contribution in [1.29, 1.82) is 0 Å². The maximum absolute atomic E-state index is 11.9. The van der Waals surface area contributed by atoms with Crippen LogP contribution >= 0.6 is 0 Å². The summed E-state index contributed by atoms with van der Waals surface area (Å²) in [5, 5.41) is 18.6. The summed E-state index contributed by atoms with van der Waals surface area (Å²) < 4.78 is 5.13. The third-order valence-corrected chi connectivity index (χ3v) is 2.58. The van der Waals surface area contributed by atoms with Crippen LogP contribution in [0.25, 0.3) is 0 Å². The number of amides is 1. The number of rotatable bonds is 1. The van der Waals surface area contributed by atoms with E-state index < -0.39 is 29.8 Å². The van der Waals surface area contributed by atoms with Crippen LogP contribution in [0.4, 0.5) is 4.79 Å². The summed E-state index contributed by atoms with van der Waals surface area (Å²) in [7, 11) is 0. The molecular formula is C11H19NO5. The molecular weight excluding hydrogens is 226 g/mol. The molecule has 17 heavy (non-hydrogen) atoms. The van der Waals surface area contributed by atoms with Crippen molar-refractivity contribution in [3.8, 4) is 0 Å². The van der Waals surface area contributed by atoms with E-state index in [1.807, 2.05) is 0 Å². The molecule has 0 aromatic heterocycles. The van der Waals surface area contributed by atoms with E-state index >= 15 is 0 Å². The van der Waals surface area contributed by atoms with E-state index in [0.717, 1.165) is 4.90 Å². The Bertz CT molecular complexity index is 322. The lowest BCUT2D eigenvalue weighted by Gasteiger charge is -2.29. The van der Waals surface area contributed by atoms with Gasteiger partial charge in [0, 0.05) is 6.04 Å². The average molecular weight is 245 g/mol. The number of nitrogens with zero attached hydrogens (tertiary/aromatic N) is 1. The monoisotopic (exact) mass is 245 g/mol. The van der Waals surface area contributed by atoms with E-state index in [1.165, 1.54) is 0 Å². The number of carboxylic acid groups (broad SMARTS) is 1. The minimum absolute atomic E-state index is 0.246. The van der Waals surface area contributed by atoms with Crippen LogP contribution in [-0.4, -0.2) is 51.0 Å². The van der Waals surface area contributed by atoms with Crippen LogP contribution in [0.15, 0.2) is 0 Å². The maximum atomic E-state index is 11.9. The number of carbonyl (C=O) groups is 2. The van der Waals surface area contributed by atoms with Crippen molar-refractivity contribution in [2.24, 2.45) is 0 Å². The molecule has 1 fully saturated rings. The van der Waals surface area contributed by atoms with Crippen LogP contribution in [0.3, 0.4) is 0 Å². The highest BCUT2D eigenvalue weighted by molar-refractivity contribution is 5.82. The van der Waals surface area contributed by atoms with Gasteiger partial charge in [0.25, 0.3) is 0 Å². The minimum atomic E-state index is -1.22. The normalized spacial score (nSPS) is 29.2. The van der Waals surface area contributed by atoms with Gasteiger partial charge in [-0.2, -0.15) is 0 Å². The van der Waals surface area contributed by atoms with Gasteiger partial charge >= 0.3 is 12.1 Å². The van der Waals surface area contributed by atoms with E-state index in [4.69, 9.17) is 9.84 Å². The zero-order valence-corrected chi connectivity index (χ0v) is 10.5. The van der Waals surface area contributed by atoms with Crippen LogP contribution in [0.1, 0.15) is 34.1 Å². The zero-order valence-electron chi connectivity index (χ0n) is 10.5. The predicted octanol–water partition coefficient (Wildman–Crippen LogP) is 0.830. The van der Waals surface area contributed by atoms with Crippen molar-refractivity contribution in [3.63, 3.8) is 0 Å². The molecule has 0 saturated carbocycles. The number of aliphatic carboxylic acids is 1. The topological polar surface area (TPSA) is 87.1 Å². The Kier molecular flexibility index (Phi) is 3.66. The van der Waals surface area contributed by atoms with Gasteiger partial charge in [-0.1, -0.05) is 0 Å². The Labute approximate surface area is 100 Å². The molecule has 0 aliphatic carbocycles. The lowest BCUT2D eigenvalue weighted by Crippen LogP contribution is -2.49. The van der Waals surface area contributed by atoms with Gasteiger partial charge in [0.1, 0.15) is 5.60 Å². The number of carboxylic acids is 1. The van der Waals surface area contributed by atoms with Gasteiger partial charge in [-0.15, -0.1) is 0 Å². The van der Waals surface area contributed by atoms with E-state index in [1.54, 1.807) is 27.7 Å². The first kappa shape index (κ1) is 13.8. The third kappa shape index (κ3) is 3.09. The fraction of sp³-hybridized carbons (Fsp3) is 0.818. The molecule has 0 aromatic rings. The first-order valence-electron chi connectivity index (χ1n) is 5.55. The number of aliphatic hydroxyl groups is 1. The van der Waals surface area contributed by atoms with Gasteiger partial charge in [0.2, 0.25) is 0 Å². The molecule has 6 heteroatoms. The quantitative estimate of drug-likeness (QED) is 0.714. The Morgan fingerprint density at radius 1 is 1.35 bits per heavy atom. The molecule has 2 N–H and O–H groups in total. The molecule has 0 aromatic carbocycles. The van der Waals surface area contributed by atoms with Crippen LogP contribution < -0.4 is 0 Å². The molecule has 1 heterocycles. The summed E-state index contributed by atoms with van der Waals surface area (Å²) in [6, 6.07) is -1.57. The third-order valence-electron chi connectivity index (χ3n) is 2.58. The summed E-state index contributed by atoms with van der Waals surface area (Å²) in [4.78, 5) is 24.0. The highest BCUT2D eigenvalue weighted by Crippen LogP contribution is 2.26. The standard InChI is InChI=1S/C11H19NO5/c1-6-5-7(13)8(9(14)15)12(6)10(16)17-11(2,3)4/h6-8,13H,5H2,1-4H3,(H,14,15)/t6-,7-,8-/m1/s1. The molecule has 0 radical (unpaired) electrons. The van der Waals surface area contributed by atoms with Crippen LogP contribution in [-0.2, 0) is 9.53 Å². The van der Waals surface area contributed by atoms with Crippen molar-refractivity contribution in [2.45, 2.75) is 57.9 Å². The predicted molar refractivity (Wildman–Crippen MR) is 59.6 cm³/mol. The number of ether oxygens (including phenoxy) is 1. The molecule has 98 valence electrons. The molecule has 3 atom stereocenters. The Morgan fingerprint density at radius 3 is 2.29 bits per heavy atom.